The summed E-state index contributed by atoms with van der Waals surface area (Å²) < 4.78 is 12.6. The SMILES string of the molecule is CC1(C)COB(c2ccc[se]2)O1. The Morgan fingerprint density at radius 1 is 1.58 bits per heavy atom. The molecule has 0 saturated carbocycles. The fraction of sp³-hybridized carbons (Fsp3) is 0.500. The van der Waals surface area contributed by atoms with Crippen molar-refractivity contribution in [2.45, 2.75) is 19.4 Å². The van der Waals surface area contributed by atoms with Crippen LogP contribution in [0.2, 0.25) is 0 Å². The molecule has 2 rings (SSSR count). The van der Waals surface area contributed by atoms with Gasteiger partial charge in [-0.1, -0.05) is 0 Å². The van der Waals surface area contributed by atoms with Crippen molar-refractivity contribution in [1.82, 2.24) is 0 Å². The van der Waals surface area contributed by atoms with E-state index >= 15 is 0 Å². The van der Waals surface area contributed by atoms with Crippen molar-refractivity contribution in [2.24, 2.45) is 0 Å². The summed E-state index contributed by atoms with van der Waals surface area (Å²) in [7, 11) is -0.0741. The van der Waals surface area contributed by atoms with E-state index in [0.717, 1.165) is 0 Å². The summed E-state index contributed by atoms with van der Waals surface area (Å²) in [5.74, 6) is 0. The third-order valence-electron chi connectivity index (χ3n) is 1.78. The number of rotatable bonds is 1. The van der Waals surface area contributed by atoms with Crippen molar-refractivity contribution in [3.63, 3.8) is 0 Å². The molecule has 2 nitrogen and oxygen atoms in total. The van der Waals surface area contributed by atoms with Gasteiger partial charge in [-0.05, 0) is 0 Å². The molecule has 1 aromatic heterocycles. The molecule has 12 heavy (non-hydrogen) atoms. The first-order valence-electron chi connectivity index (χ1n) is 4.00. The van der Waals surface area contributed by atoms with E-state index in [4.69, 9.17) is 9.31 Å². The molecule has 0 bridgehead atoms. The van der Waals surface area contributed by atoms with Gasteiger partial charge in [-0.25, -0.2) is 0 Å². The van der Waals surface area contributed by atoms with Crippen molar-refractivity contribution in [1.29, 1.82) is 0 Å². The van der Waals surface area contributed by atoms with Gasteiger partial charge in [0, 0.05) is 0 Å². The van der Waals surface area contributed by atoms with E-state index in [0.29, 0.717) is 21.1 Å². The molecule has 0 aliphatic carbocycles. The Morgan fingerprint density at radius 2 is 2.42 bits per heavy atom. The zero-order valence-corrected chi connectivity index (χ0v) is 8.95. The van der Waals surface area contributed by atoms with Crippen molar-refractivity contribution < 1.29 is 9.31 Å². The van der Waals surface area contributed by atoms with E-state index in [2.05, 4.69) is 30.9 Å². The fourth-order valence-electron chi connectivity index (χ4n) is 1.20. The molecule has 0 unspecified atom stereocenters. The van der Waals surface area contributed by atoms with Gasteiger partial charge in [-0.15, -0.1) is 0 Å². The van der Waals surface area contributed by atoms with E-state index in [1.165, 1.54) is 4.34 Å². The van der Waals surface area contributed by atoms with Gasteiger partial charge in [-0.2, -0.15) is 0 Å². The van der Waals surface area contributed by atoms with Crippen LogP contribution in [0, 0.1) is 0 Å². The average Bonchev–Trinajstić information content (AvgIpc) is 2.55. The van der Waals surface area contributed by atoms with E-state index in [1.54, 1.807) is 0 Å². The Bertz CT molecular complexity index is 258. The van der Waals surface area contributed by atoms with Crippen LogP contribution < -0.4 is 4.34 Å². The van der Waals surface area contributed by atoms with Gasteiger partial charge in [0.1, 0.15) is 0 Å². The molecule has 1 aromatic rings. The summed E-state index contributed by atoms with van der Waals surface area (Å²) in [6.07, 6.45) is 0. The van der Waals surface area contributed by atoms with E-state index < -0.39 is 0 Å². The Kier molecular flexibility index (Phi) is 2.17. The number of hydrogen-bond donors (Lipinski definition) is 0. The molecular formula is C8H11BO2Se. The molecule has 0 atom stereocenters. The molecule has 4 heteroatoms. The quantitative estimate of drug-likeness (QED) is 0.643. The summed E-state index contributed by atoms with van der Waals surface area (Å²) in [5, 5.41) is 0. The topological polar surface area (TPSA) is 18.5 Å². The van der Waals surface area contributed by atoms with Gasteiger partial charge >= 0.3 is 78.4 Å². The summed E-state index contributed by atoms with van der Waals surface area (Å²) in [6.45, 7) is 4.82. The normalized spacial score (nSPS) is 21.7. The van der Waals surface area contributed by atoms with Crippen molar-refractivity contribution in [3.8, 4) is 0 Å². The van der Waals surface area contributed by atoms with Gasteiger partial charge in [-0.3, -0.25) is 0 Å². The Hall–Kier alpha value is -0.0156. The minimum absolute atomic E-state index is 0.0741. The van der Waals surface area contributed by atoms with Crippen LogP contribution >= 0.6 is 0 Å². The fourth-order valence-corrected chi connectivity index (χ4v) is 2.67. The Balaban J connectivity index is 2.10. The standard InChI is InChI=1S/C8H11BO2Se/c1-8(2)6-10-9(11-8)7-4-3-5-12-7/h3-5H,6H2,1-2H3. The second-order valence-corrected chi connectivity index (χ2v) is 5.59. The van der Waals surface area contributed by atoms with Crippen LogP contribution in [-0.4, -0.2) is 33.8 Å². The second kappa shape index (κ2) is 3.04. The summed E-state index contributed by atoms with van der Waals surface area (Å²) in [6, 6.07) is 4.18. The van der Waals surface area contributed by atoms with Crippen molar-refractivity contribution in [3.05, 3.63) is 17.1 Å². The van der Waals surface area contributed by atoms with E-state index in [-0.39, 0.29) is 12.7 Å². The van der Waals surface area contributed by atoms with Gasteiger partial charge in [0.25, 0.3) is 0 Å². The molecule has 2 heterocycles. The molecule has 0 amide bonds. The maximum absolute atomic E-state index is 5.72. The van der Waals surface area contributed by atoms with Gasteiger partial charge in [0.2, 0.25) is 0 Å². The van der Waals surface area contributed by atoms with Crippen LogP contribution in [-0.2, 0) is 9.31 Å². The first kappa shape index (κ1) is 8.58. The second-order valence-electron chi connectivity index (χ2n) is 3.54. The Labute approximate surface area is 78.8 Å². The van der Waals surface area contributed by atoms with Crippen LogP contribution in [0.3, 0.4) is 0 Å². The molecule has 0 N–H and O–H groups in total. The van der Waals surface area contributed by atoms with Crippen LogP contribution in [0.5, 0.6) is 0 Å². The Morgan fingerprint density at radius 3 is 2.92 bits per heavy atom. The monoisotopic (exact) mass is 230 g/mol. The first-order valence-corrected chi connectivity index (χ1v) is 5.85. The molecule has 0 spiro atoms. The molecule has 1 fully saturated rings. The molecule has 1 aliphatic rings. The molecular weight excluding hydrogens is 218 g/mol. The molecule has 1 saturated heterocycles. The molecule has 0 aromatic carbocycles. The predicted molar refractivity (Wildman–Crippen MR) is 49.9 cm³/mol. The van der Waals surface area contributed by atoms with Crippen molar-refractivity contribution >= 4 is 26.0 Å². The summed E-state index contributed by atoms with van der Waals surface area (Å²) in [5.41, 5.74) is -0.107. The summed E-state index contributed by atoms with van der Waals surface area (Å²) in [4.78, 5) is 2.18. The van der Waals surface area contributed by atoms with Gasteiger partial charge < -0.3 is 0 Å². The third-order valence-corrected chi connectivity index (χ3v) is 3.66. The van der Waals surface area contributed by atoms with Crippen LogP contribution in [0.4, 0.5) is 0 Å². The zero-order chi connectivity index (χ0) is 8.60. The van der Waals surface area contributed by atoms with Crippen LogP contribution in [0.1, 0.15) is 13.8 Å². The molecule has 1 aliphatic heterocycles. The predicted octanol–water partition coefficient (Wildman–Crippen LogP) is 0.264. The van der Waals surface area contributed by atoms with E-state index in [9.17, 15) is 0 Å². The zero-order valence-electron chi connectivity index (χ0n) is 7.24. The van der Waals surface area contributed by atoms with Crippen LogP contribution in [0.25, 0.3) is 0 Å². The van der Waals surface area contributed by atoms with Crippen molar-refractivity contribution in [2.75, 3.05) is 6.61 Å². The minimum atomic E-state index is -0.107. The van der Waals surface area contributed by atoms with Gasteiger partial charge in [0.05, 0.1) is 0 Å². The van der Waals surface area contributed by atoms with Gasteiger partial charge in [0.15, 0.2) is 0 Å². The van der Waals surface area contributed by atoms with E-state index in [1.807, 2.05) is 0 Å². The molecule has 0 radical (unpaired) electrons. The third kappa shape index (κ3) is 1.67. The number of hydrogen-bond acceptors (Lipinski definition) is 2. The summed E-state index contributed by atoms with van der Waals surface area (Å²) >= 11 is 0.449. The average molecular weight is 229 g/mol. The maximum atomic E-state index is 5.72. The molecule has 64 valence electrons. The van der Waals surface area contributed by atoms with Crippen LogP contribution in [0.15, 0.2) is 17.1 Å². The first-order chi connectivity index (χ1) is 5.67.